The van der Waals surface area contributed by atoms with Gasteiger partial charge in [0, 0.05) is 24.5 Å². The van der Waals surface area contributed by atoms with Crippen molar-refractivity contribution in [1.82, 2.24) is 4.90 Å². The molecule has 0 spiro atoms. The Morgan fingerprint density at radius 2 is 1.65 bits per heavy atom. The summed E-state index contributed by atoms with van der Waals surface area (Å²) < 4.78 is 1.05. The van der Waals surface area contributed by atoms with Crippen molar-refractivity contribution < 1.29 is 4.79 Å². The standard InChI is InChI=1S/C17H18BrNO/c1-19(13-15-7-10-16(18)11-8-15)17(20)12-9-14-5-3-2-4-6-14/h2-8,10-11H,9,12-13H2,1H3. The van der Waals surface area contributed by atoms with Crippen LogP contribution in [0.4, 0.5) is 0 Å². The molecule has 0 atom stereocenters. The molecule has 0 N–H and O–H groups in total. The molecule has 0 aliphatic heterocycles. The van der Waals surface area contributed by atoms with Gasteiger partial charge in [0.05, 0.1) is 0 Å². The summed E-state index contributed by atoms with van der Waals surface area (Å²) in [5, 5.41) is 0. The first-order valence-electron chi connectivity index (χ1n) is 6.67. The van der Waals surface area contributed by atoms with E-state index in [9.17, 15) is 4.79 Å². The number of hydrogen-bond acceptors (Lipinski definition) is 1. The number of halogens is 1. The summed E-state index contributed by atoms with van der Waals surface area (Å²) in [6.45, 7) is 0.654. The zero-order valence-electron chi connectivity index (χ0n) is 11.6. The number of hydrogen-bond donors (Lipinski definition) is 0. The van der Waals surface area contributed by atoms with Gasteiger partial charge in [-0.25, -0.2) is 0 Å². The molecular formula is C17H18BrNO. The minimum absolute atomic E-state index is 0.178. The van der Waals surface area contributed by atoms with Crippen molar-refractivity contribution in [2.45, 2.75) is 19.4 Å². The molecule has 2 nitrogen and oxygen atoms in total. The molecule has 2 aromatic carbocycles. The number of benzene rings is 2. The Hall–Kier alpha value is -1.61. The van der Waals surface area contributed by atoms with Gasteiger partial charge in [0.25, 0.3) is 0 Å². The third-order valence-electron chi connectivity index (χ3n) is 3.23. The maximum atomic E-state index is 12.1. The van der Waals surface area contributed by atoms with E-state index in [1.54, 1.807) is 4.90 Å². The predicted molar refractivity (Wildman–Crippen MR) is 85.4 cm³/mol. The van der Waals surface area contributed by atoms with Crippen LogP contribution in [-0.2, 0) is 17.8 Å². The number of nitrogens with zero attached hydrogens (tertiary/aromatic N) is 1. The van der Waals surface area contributed by atoms with Gasteiger partial charge >= 0.3 is 0 Å². The summed E-state index contributed by atoms with van der Waals surface area (Å²) in [4.78, 5) is 13.9. The highest BCUT2D eigenvalue weighted by Gasteiger charge is 2.09. The molecule has 0 aliphatic carbocycles. The van der Waals surface area contributed by atoms with Gasteiger partial charge in [0.1, 0.15) is 0 Å². The first kappa shape index (κ1) is 14.8. The second-order valence-corrected chi connectivity index (χ2v) is 5.78. The molecule has 0 fully saturated rings. The van der Waals surface area contributed by atoms with Crippen LogP contribution in [0.1, 0.15) is 17.5 Å². The number of amides is 1. The van der Waals surface area contributed by atoms with Crippen LogP contribution in [-0.4, -0.2) is 17.9 Å². The third kappa shape index (κ3) is 4.49. The number of rotatable bonds is 5. The average molecular weight is 332 g/mol. The van der Waals surface area contributed by atoms with Crippen LogP contribution >= 0.6 is 15.9 Å². The van der Waals surface area contributed by atoms with E-state index in [1.807, 2.05) is 49.5 Å². The Kier molecular flexibility index (Phi) is 5.36. The van der Waals surface area contributed by atoms with Crippen molar-refractivity contribution in [3.8, 4) is 0 Å². The molecule has 0 unspecified atom stereocenters. The van der Waals surface area contributed by atoms with Crippen molar-refractivity contribution >= 4 is 21.8 Å². The fourth-order valence-corrected chi connectivity index (χ4v) is 2.30. The van der Waals surface area contributed by atoms with Gasteiger partial charge in [-0.1, -0.05) is 58.4 Å². The van der Waals surface area contributed by atoms with E-state index in [0.717, 1.165) is 16.5 Å². The van der Waals surface area contributed by atoms with Crippen LogP contribution in [0, 0.1) is 0 Å². The molecule has 0 bridgehead atoms. The maximum Gasteiger partial charge on any atom is 0.222 e. The van der Waals surface area contributed by atoms with Crippen LogP contribution in [0.5, 0.6) is 0 Å². The van der Waals surface area contributed by atoms with Crippen molar-refractivity contribution in [2.75, 3.05) is 7.05 Å². The molecule has 0 aliphatic rings. The second kappa shape index (κ2) is 7.25. The van der Waals surface area contributed by atoms with Crippen LogP contribution < -0.4 is 0 Å². The zero-order valence-corrected chi connectivity index (χ0v) is 13.1. The normalized spacial score (nSPS) is 10.3. The lowest BCUT2D eigenvalue weighted by molar-refractivity contribution is -0.130. The molecule has 3 heteroatoms. The van der Waals surface area contributed by atoms with E-state index >= 15 is 0 Å². The average Bonchev–Trinajstić information content (AvgIpc) is 2.48. The fraction of sp³-hybridized carbons (Fsp3) is 0.235. The molecule has 0 radical (unpaired) electrons. The predicted octanol–water partition coefficient (Wildman–Crippen LogP) is 4.04. The van der Waals surface area contributed by atoms with E-state index < -0.39 is 0 Å². The fourth-order valence-electron chi connectivity index (χ4n) is 2.04. The molecule has 2 rings (SSSR count). The number of carbonyl (C=O) groups is 1. The quantitative estimate of drug-likeness (QED) is 0.809. The van der Waals surface area contributed by atoms with E-state index in [1.165, 1.54) is 5.56 Å². The SMILES string of the molecule is CN(Cc1ccc(Br)cc1)C(=O)CCc1ccccc1. The van der Waals surface area contributed by atoms with E-state index in [0.29, 0.717) is 13.0 Å². The Morgan fingerprint density at radius 3 is 2.30 bits per heavy atom. The van der Waals surface area contributed by atoms with Gasteiger partial charge in [0.15, 0.2) is 0 Å². The lowest BCUT2D eigenvalue weighted by atomic mass is 10.1. The van der Waals surface area contributed by atoms with Gasteiger partial charge in [-0.05, 0) is 29.7 Å². The highest BCUT2D eigenvalue weighted by atomic mass is 79.9. The summed E-state index contributed by atoms with van der Waals surface area (Å²) in [6, 6.07) is 18.2. The van der Waals surface area contributed by atoms with Crippen molar-refractivity contribution in [2.24, 2.45) is 0 Å². The summed E-state index contributed by atoms with van der Waals surface area (Å²) in [5.74, 6) is 0.178. The molecule has 1 amide bonds. The monoisotopic (exact) mass is 331 g/mol. The van der Waals surface area contributed by atoms with E-state index in [4.69, 9.17) is 0 Å². The topological polar surface area (TPSA) is 20.3 Å². The van der Waals surface area contributed by atoms with Gasteiger partial charge in [-0.3, -0.25) is 4.79 Å². The van der Waals surface area contributed by atoms with E-state index in [2.05, 4.69) is 28.1 Å². The Balaban J connectivity index is 1.84. The third-order valence-corrected chi connectivity index (χ3v) is 3.76. The molecule has 0 saturated carbocycles. The van der Waals surface area contributed by atoms with Crippen molar-refractivity contribution in [1.29, 1.82) is 0 Å². The molecule has 0 aromatic heterocycles. The first-order valence-corrected chi connectivity index (χ1v) is 7.47. The Morgan fingerprint density at radius 1 is 1.00 bits per heavy atom. The summed E-state index contributed by atoms with van der Waals surface area (Å²) in [7, 11) is 1.86. The summed E-state index contributed by atoms with van der Waals surface area (Å²) in [5.41, 5.74) is 2.35. The van der Waals surface area contributed by atoms with Gasteiger partial charge in [-0.15, -0.1) is 0 Å². The highest BCUT2D eigenvalue weighted by molar-refractivity contribution is 9.10. The van der Waals surface area contributed by atoms with Crippen LogP contribution in [0.2, 0.25) is 0 Å². The van der Waals surface area contributed by atoms with Crippen LogP contribution in [0.15, 0.2) is 59.1 Å². The van der Waals surface area contributed by atoms with Crippen molar-refractivity contribution in [3.63, 3.8) is 0 Å². The molecular weight excluding hydrogens is 314 g/mol. The zero-order chi connectivity index (χ0) is 14.4. The Labute approximate surface area is 128 Å². The number of aryl methyl sites for hydroxylation is 1. The van der Waals surface area contributed by atoms with Gasteiger partial charge in [0.2, 0.25) is 5.91 Å². The van der Waals surface area contributed by atoms with Gasteiger partial charge < -0.3 is 4.90 Å². The molecule has 0 saturated heterocycles. The number of carbonyl (C=O) groups excluding carboxylic acids is 1. The lowest BCUT2D eigenvalue weighted by Crippen LogP contribution is -2.26. The Bertz CT molecular complexity index is 551. The summed E-state index contributed by atoms with van der Waals surface area (Å²) in [6.07, 6.45) is 1.35. The lowest BCUT2D eigenvalue weighted by Gasteiger charge is -2.17. The molecule has 2 aromatic rings. The molecule has 20 heavy (non-hydrogen) atoms. The van der Waals surface area contributed by atoms with E-state index in [-0.39, 0.29) is 5.91 Å². The molecule has 104 valence electrons. The first-order chi connectivity index (χ1) is 9.65. The van der Waals surface area contributed by atoms with Crippen LogP contribution in [0.3, 0.4) is 0 Å². The van der Waals surface area contributed by atoms with Crippen molar-refractivity contribution in [3.05, 3.63) is 70.2 Å². The second-order valence-electron chi connectivity index (χ2n) is 4.86. The smallest absolute Gasteiger partial charge is 0.222 e. The summed E-state index contributed by atoms with van der Waals surface area (Å²) >= 11 is 3.41. The highest BCUT2D eigenvalue weighted by Crippen LogP contribution is 2.12. The minimum atomic E-state index is 0.178. The molecule has 0 heterocycles. The van der Waals surface area contributed by atoms with Gasteiger partial charge in [-0.2, -0.15) is 0 Å². The largest absolute Gasteiger partial charge is 0.341 e. The maximum absolute atomic E-state index is 12.1. The van der Waals surface area contributed by atoms with Crippen LogP contribution in [0.25, 0.3) is 0 Å². The minimum Gasteiger partial charge on any atom is -0.341 e.